The smallest absolute Gasteiger partial charge is 0.338 e. The lowest BCUT2D eigenvalue weighted by molar-refractivity contribution is 0.0499. The number of nitrogens with one attached hydrogen (secondary N) is 1. The second-order valence-electron chi connectivity index (χ2n) is 6.96. The fourth-order valence-corrected chi connectivity index (χ4v) is 2.99. The fraction of sp³-hybridized carbons (Fsp3) is 0.261. The Kier molecular flexibility index (Phi) is 6.16. The highest BCUT2D eigenvalue weighted by molar-refractivity contribution is 6.03. The van der Waals surface area contributed by atoms with Crippen molar-refractivity contribution < 1.29 is 28.3 Å². The van der Waals surface area contributed by atoms with Crippen molar-refractivity contribution in [2.24, 2.45) is 0 Å². The van der Waals surface area contributed by atoms with E-state index in [-0.39, 0.29) is 11.7 Å². The Morgan fingerprint density at radius 2 is 1.81 bits per heavy atom. The SMILES string of the molecule is CCCCOC(=O)c1ccc(NC(=O)c2cc(-c3ccc4c(c3)OCCO4)on2)cc1. The maximum Gasteiger partial charge on any atom is 0.338 e. The number of benzene rings is 2. The summed E-state index contributed by atoms with van der Waals surface area (Å²) >= 11 is 0. The number of unbranched alkanes of at least 4 members (excludes halogenated alkanes) is 1. The molecule has 0 aliphatic carbocycles. The highest BCUT2D eigenvalue weighted by Crippen LogP contribution is 2.34. The van der Waals surface area contributed by atoms with Gasteiger partial charge in [-0.15, -0.1) is 0 Å². The first kappa shape index (κ1) is 20.5. The number of anilines is 1. The molecule has 1 amide bonds. The molecule has 1 aliphatic heterocycles. The summed E-state index contributed by atoms with van der Waals surface area (Å²) in [5.41, 5.74) is 1.81. The Labute approximate surface area is 179 Å². The molecule has 8 nitrogen and oxygen atoms in total. The third-order valence-corrected chi connectivity index (χ3v) is 4.68. The number of ether oxygens (including phenoxy) is 3. The first-order valence-electron chi connectivity index (χ1n) is 10.1. The summed E-state index contributed by atoms with van der Waals surface area (Å²) in [5.74, 6) is 0.926. The average Bonchev–Trinajstić information content (AvgIpc) is 3.30. The van der Waals surface area contributed by atoms with E-state index in [1.54, 1.807) is 42.5 Å². The van der Waals surface area contributed by atoms with Gasteiger partial charge >= 0.3 is 5.97 Å². The van der Waals surface area contributed by atoms with Gasteiger partial charge in [0.2, 0.25) is 0 Å². The predicted molar refractivity (Wildman–Crippen MR) is 113 cm³/mol. The van der Waals surface area contributed by atoms with Crippen LogP contribution in [0.2, 0.25) is 0 Å². The van der Waals surface area contributed by atoms with Gasteiger partial charge in [-0.1, -0.05) is 18.5 Å². The average molecular weight is 422 g/mol. The van der Waals surface area contributed by atoms with Gasteiger partial charge in [0.05, 0.1) is 12.2 Å². The lowest BCUT2D eigenvalue weighted by atomic mass is 10.1. The molecule has 2 heterocycles. The second-order valence-corrected chi connectivity index (χ2v) is 6.96. The van der Waals surface area contributed by atoms with Crippen LogP contribution in [0.3, 0.4) is 0 Å². The molecule has 31 heavy (non-hydrogen) atoms. The Hall–Kier alpha value is -3.81. The molecule has 0 atom stereocenters. The zero-order valence-corrected chi connectivity index (χ0v) is 17.1. The number of fused-ring (bicyclic) bond motifs is 1. The third kappa shape index (κ3) is 4.85. The van der Waals surface area contributed by atoms with E-state index in [9.17, 15) is 9.59 Å². The van der Waals surface area contributed by atoms with E-state index in [1.165, 1.54) is 0 Å². The van der Waals surface area contributed by atoms with Gasteiger partial charge in [-0.2, -0.15) is 0 Å². The van der Waals surface area contributed by atoms with Crippen molar-refractivity contribution in [2.75, 3.05) is 25.1 Å². The maximum atomic E-state index is 12.5. The first-order chi connectivity index (χ1) is 15.1. The summed E-state index contributed by atoms with van der Waals surface area (Å²) < 4.78 is 21.6. The minimum Gasteiger partial charge on any atom is -0.486 e. The molecule has 1 N–H and O–H groups in total. The summed E-state index contributed by atoms with van der Waals surface area (Å²) in [5, 5.41) is 6.59. The molecule has 0 unspecified atom stereocenters. The molecule has 1 aromatic heterocycles. The Bertz CT molecular complexity index is 1070. The highest BCUT2D eigenvalue weighted by atomic mass is 16.6. The van der Waals surface area contributed by atoms with Gasteiger partial charge in [-0.05, 0) is 48.9 Å². The standard InChI is InChI=1S/C23H22N2O6/c1-2-3-10-30-23(27)15-4-7-17(8-5-15)24-22(26)18-14-20(31-25-18)16-6-9-19-21(13-16)29-12-11-28-19/h4-9,13-14H,2-3,10-12H2,1H3,(H,24,26). The van der Waals surface area contributed by atoms with Crippen LogP contribution in [0.25, 0.3) is 11.3 Å². The molecule has 0 radical (unpaired) electrons. The van der Waals surface area contributed by atoms with Crippen LogP contribution in [-0.4, -0.2) is 36.9 Å². The summed E-state index contributed by atoms with van der Waals surface area (Å²) in [4.78, 5) is 24.5. The zero-order valence-electron chi connectivity index (χ0n) is 17.1. The summed E-state index contributed by atoms with van der Waals surface area (Å²) in [7, 11) is 0. The normalized spacial score (nSPS) is 12.3. The predicted octanol–water partition coefficient (Wildman–Crippen LogP) is 4.32. The van der Waals surface area contributed by atoms with Gasteiger partial charge in [0, 0.05) is 17.3 Å². The minimum absolute atomic E-state index is 0.132. The highest BCUT2D eigenvalue weighted by Gasteiger charge is 2.17. The lowest BCUT2D eigenvalue weighted by Crippen LogP contribution is -2.15. The molecule has 0 saturated carbocycles. The number of carbonyl (C=O) groups excluding carboxylic acids is 2. The molecule has 0 fully saturated rings. The van der Waals surface area contributed by atoms with E-state index in [0.717, 1.165) is 18.4 Å². The summed E-state index contributed by atoms with van der Waals surface area (Å²) in [6, 6.07) is 13.4. The number of hydrogen-bond acceptors (Lipinski definition) is 7. The molecular weight excluding hydrogens is 400 g/mol. The van der Waals surface area contributed by atoms with Crippen LogP contribution < -0.4 is 14.8 Å². The van der Waals surface area contributed by atoms with E-state index in [1.807, 2.05) is 13.0 Å². The van der Waals surface area contributed by atoms with Gasteiger partial charge < -0.3 is 24.1 Å². The van der Waals surface area contributed by atoms with Gasteiger partial charge in [0.25, 0.3) is 5.91 Å². The Morgan fingerprint density at radius 1 is 1.03 bits per heavy atom. The van der Waals surface area contributed by atoms with E-state index in [2.05, 4.69) is 10.5 Å². The van der Waals surface area contributed by atoms with Crippen LogP contribution in [0.4, 0.5) is 5.69 Å². The molecule has 160 valence electrons. The van der Waals surface area contributed by atoms with Crippen LogP contribution in [0, 0.1) is 0 Å². The first-order valence-corrected chi connectivity index (χ1v) is 10.1. The summed E-state index contributed by atoms with van der Waals surface area (Å²) in [6.45, 7) is 3.42. The number of hydrogen-bond donors (Lipinski definition) is 1. The molecule has 0 spiro atoms. The number of rotatable bonds is 7. The van der Waals surface area contributed by atoms with Crippen molar-refractivity contribution in [3.05, 3.63) is 59.8 Å². The van der Waals surface area contributed by atoms with Gasteiger partial charge in [0.15, 0.2) is 23.0 Å². The summed E-state index contributed by atoms with van der Waals surface area (Å²) in [6.07, 6.45) is 1.78. The van der Waals surface area contributed by atoms with Crippen molar-refractivity contribution >= 4 is 17.6 Å². The van der Waals surface area contributed by atoms with Crippen molar-refractivity contribution in [1.82, 2.24) is 5.16 Å². The molecule has 1 aliphatic rings. The van der Waals surface area contributed by atoms with Crippen LogP contribution in [0.15, 0.2) is 53.1 Å². The maximum absolute atomic E-state index is 12.5. The molecule has 3 aromatic rings. The van der Waals surface area contributed by atoms with Crippen molar-refractivity contribution in [2.45, 2.75) is 19.8 Å². The van der Waals surface area contributed by atoms with Crippen LogP contribution >= 0.6 is 0 Å². The van der Waals surface area contributed by atoms with E-state index >= 15 is 0 Å². The van der Waals surface area contributed by atoms with Crippen LogP contribution in [0.1, 0.15) is 40.6 Å². The van der Waals surface area contributed by atoms with E-state index in [4.69, 9.17) is 18.7 Å². The largest absolute Gasteiger partial charge is 0.486 e. The second kappa shape index (κ2) is 9.34. The van der Waals surface area contributed by atoms with Crippen molar-refractivity contribution in [3.63, 3.8) is 0 Å². The lowest BCUT2D eigenvalue weighted by Gasteiger charge is -2.18. The minimum atomic E-state index is -0.425. The molecule has 0 saturated heterocycles. The number of carbonyl (C=O) groups is 2. The van der Waals surface area contributed by atoms with E-state index in [0.29, 0.717) is 48.3 Å². The molecule has 2 aromatic carbocycles. The zero-order chi connectivity index (χ0) is 21.6. The number of esters is 1. The quantitative estimate of drug-likeness (QED) is 0.447. The van der Waals surface area contributed by atoms with Gasteiger partial charge in [-0.3, -0.25) is 4.79 Å². The fourth-order valence-electron chi connectivity index (χ4n) is 2.99. The number of nitrogens with zero attached hydrogens (tertiary/aromatic N) is 1. The number of amides is 1. The molecular formula is C23H22N2O6. The monoisotopic (exact) mass is 422 g/mol. The van der Waals surface area contributed by atoms with Crippen LogP contribution in [-0.2, 0) is 4.74 Å². The van der Waals surface area contributed by atoms with E-state index < -0.39 is 5.91 Å². The van der Waals surface area contributed by atoms with Gasteiger partial charge in [0.1, 0.15) is 13.2 Å². The molecule has 8 heteroatoms. The topological polar surface area (TPSA) is 99.9 Å². The molecule has 4 rings (SSSR count). The van der Waals surface area contributed by atoms with Crippen molar-refractivity contribution in [3.8, 4) is 22.8 Å². The Morgan fingerprint density at radius 3 is 2.58 bits per heavy atom. The molecule has 0 bridgehead atoms. The Balaban J connectivity index is 1.39. The van der Waals surface area contributed by atoms with Crippen molar-refractivity contribution in [1.29, 1.82) is 0 Å². The van der Waals surface area contributed by atoms with Crippen LogP contribution in [0.5, 0.6) is 11.5 Å². The van der Waals surface area contributed by atoms with Gasteiger partial charge in [-0.25, -0.2) is 4.79 Å². The third-order valence-electron chi connectivity index (χ3n) is 4.68. The number of aromatic nitrogens is 1.